The first-order valence-electron chi connectivity index (χ1n) is 8.02. The average Bonchev–Trinajstić information content (AvgIpc) is 3.10. The van der Waals surface area contributed by atoms with Crippen LogP contribution in [0, 0.1) is 0 Å². The molecule has 0 unspecified atom stereocenters. The molecule has 0 spiro atoms. The van der Waals surface area contributed by atoms with Crippen molar-refractivity contribution in [3.8, 4) is 0 Å². The first-order chi connectivity index (χ1) is 12.7. The van der Waals surface area contributed by atoms with Crippen molar-refractivity contribution in [1.29, 1.82) is 0 Å². The van der Waals surface area contributed by atoms with Crippen LogP contribution in [0.2, 0.25) is 0 Å². The standard InChI is InChI=1S/C16H19N5O4S/c1-24-10-13-19-20-15(26-13)18-14(22)11-2-4-12(5-3-11)17-16(23)21-6-8-25-9-7-21/h2-5H,6-10H2,1H3,(H,17,23)(H,18,20,22). The Kier molecular flexibility index (Phi) is 6.10. The third-order valence-corrected chi connectivity index (χ3v) is 4.46. The van der Waals surface area contributed by atoms with Crippen molar-refractivity contribution in [1.82, 2.24) is 15.1 Å². The quantitative estimate of drug-likeness (QED) is 0.823. The first-order valence-corrected chi connectivity index (χ1v) is 8.84. The molecule has 3 rings (SSSR count). The van der Waals surface area contributed by atoms with Gasteiger partial charge in [-0.3, -0.25) is 10.1 Å². The number of benzene rings is 1. The molecule has 0 aliphatic carbocycles. The number of hydrogen-bond donors (Lipinski definition) is 2. The summed E-state index contributed by atoms with van der Waals surface area (Å²) in [5.74, 6) is -0.295. The highest BCUT2D eigenvalue weighted by Gasteiger charge is 2.17. The van der Waals surface area contributed by atoms with E-state index in [0.717, 1.165) is 0 Å². The van der Waals surface area contributed by atoms with Crippen molar-refractivity contribution in [3.05, 3.63) is 34.8 Å². The molecular weight excluding hydrogens is 358 g/mol. The number of hydrogen-bond acceptors (Lipinski definition) is 7. The largest absolute Gasteiger partial charge is 0.378 e. The lowest BCUT2D eigenvalue weighted by atomic mass is 10.2. The van der Waals surface area contributed by atoms with Crippen molar-refractivity contribution in [2.75, 3.05) is 44.0 Å². The maximum Gasteiger partial charge on any atom is 0.321 e. The lowest BCUT2D eigenvalue weighted by molar-refractivity contribution is 0.0564. The summed E-state index contributed by atoms with van der Waals surface area (Å²) in [5.41, 5.74) is 1.08. The van der Waals surface area contributed by atoms with E-state index in [4.69, 9.17) is 9.47 Å². The van der Waals surface area contributed by atoms with Crippen molar-refractivity contribution in [3.63, 3.8) is 0 Å². The monoisotopic (exact) mass is 377 g/mol. The van der Waals surface area contributed by atoms with Crippen molar-refractivity contribution in [2.45, 2.75) is 6.61 Å². The fraction of sp³-hybridized carbons (Fsp3) is 0.375. The van der Waals surface area contributed by atoms with Crippen molar-refractivity contribution < 1.29 is 19.1 Å². The van der Waals surface area contributed by atoms with Gasteiger partial charge >= 0.3 is 6.03 Å². The smallest absolute Gasteiger partial charge is 0.321 e. The maximum absolute atomic E-state index is 12.2. The van der Waals surface area contributed by atoms with Gasteiger partial charge in [-0.05, 0) is 24.3 Å². The fourth-order valence-corrected chi connectivity index (χ4v) is 3.04. The highest BCUT2D eigenvalue weighted by atomic mass is 32.1. The summed E-state index contributed by atoms with van der Waals surface area (Å²) in [5, 5.41) is 14.4. The molecule has 1 aromatic carbocycles. The molecule has 0 bridgehead atoms. The predicted molar refractivity (Wildman–Crippen MR) is 96.4 cm³/mol. The number of nitrogens with zero attached hydrogens (tertiary/aromatic N) is 3. The number of methoxy groups -OCH3 is 1. The van der Waals surface area contributed by atoms with Gasteiger partial charge in [0.05, 0.1) is 13.2 Å². The van der Waals surface area contributed by atoms with Crippen LogP contribution in [-0.2, 0) is 16.1 Å². The van der Waals surface area contributed by atoms with Gasteiger partial charge in [0.25, 0.3) is 5.91 Å². The Hall–Kier alpha value is -2.56. The van der Waals surface area contributed by atoms with Crippen LogP contribution in [0.4, 0.5) is 15.6 Å². The van der Waals surface area contributed by atoms with Gasteiger partial charge in [-0.15, -0.1) is 10.2 Å². The topological polar surface area (TPSA) is 106 Å². The summed E-state index contributed by atoms with van der Waals surface area (Å²) in [7, 11) is 1.57. The number of rotatable bonds is 5. The Bertz CT molecular complexity index is 758. The van der Waals surface area contributed by atoms with E-state index in [0.29, 0.717) is 54.3 Å². The van der Waals surface area contributed by atoms with E-state index in [-0.39, 0.29) is 11.9 Å². The molecule has 1 aliphatic heterocycles. The first kappa shape index (κ1) is 18.2. The summed E-state index contributed by atoms with van der Waals surface area (Å²) < 4.78 is 10.2. The van der Waals surface area contributed by atoms with Gasteiger partial charge in [-0.25, -0.2) is 4.79 Å². The van der Waals surface area contributed by atoms with E-state index in [1.807, 2.05) is 0 Å². The summed E-state index contributed by atoms with van der Waals surface area (Å²) in [4.78, 5) is 26.1. The van der Waals surface area contributed by atoms with Crippen molar-refractivity contribution >= 4 is 34.1 Å². The molecule has 1 saturated heterocycles. The molecule has 0 saturated carbocycles. The second-order valence-corrected chi connectivity index (χ2v) is 6.56. The fourth-order valence-electron chi connectivity index (χ4n) is 2.33. The molecule has 1 fully saturated rings. The van der Waals surface area contributed by atoms with Crippen LogP contribution in [0.15, 0.2) is 24.3 Å². The van der Waals surface area contributed by atoms with Crippen LogP contribution in [0.3, 0.4) is 0 Å². The number of urea groups is 1. The molecule has 26 heavy (non-hydrogen) atoms. The SMILES string of the molecule is COCc1nnc(NC(=O)c2ccc(NC(=O)N3CCOCC3)cc2)s1. The van der Waals surface area contributed by atoms with Crippen molar-refractivity contribution in [2.24, 2.45) is 0 Å². The second kappa shape index (κ2) is 8.70. The second-order valence-electron chi connectivity index (χ2n) is 5.50. The number of ether oxygens (including phenoxy) is 2. The minimum absolute atomic E-state index is 0.176. The Morgan fingerprint density at radius 3 is 2.62 bits per heavy atom. The number of anilines is 2. The number of aromatic nitrogens is 2. The number of nitrogens with one attached hydrogen (secondary N) is 2. The Morgan fingerprint density at radius 2 is 1.92 bits per heavy atom. The Labute approximate surface area is 154 Å². The molecule has 1 aliphatic rings. The third kappa shape index (κ3) is 4.75. The van der Waals surface area contributed by atoms with Crippen LogP contribution in [-0.4, -0.2) is 60.4 Å². The van der Waals surface area contributed by atoms with E-state index >= 15 is 0 Å². The number of carbonyl (C=O) groups excluding carboxylic acids is 2. The molecule has 138 valence electrons. The van der Waals surface area contributed by atoms with Gasteiger partial charge in [-0.1, -0.05) is 11.3 Å². The zero-order valence-corrected chi connectivity index (χ0v) is 15.0. The zero-order chi connectivity index (χ0) is 18.4. The van der Waals surface area contributed by atoms with Gasteiger partial charge in [0.2, 0.25) is 5.13 Å². The maximum atomic E-state index is 12.2. The molecule has 3 amide bonds. The van der Waals surface area contributed by atoms with Crippen LogP contribution < -0.4 is 10.6 Å². The minimum Gasteiger partial charge on any atom is -0.378 e. The summed E-state index contributed by atoms with van der Waals surface area (Å²) in [6.45, 7) is 2.58. The van der Waals surface area contributed by atoms with Gasteiger partial charge in [0.1, 0.15) is 11.6 Å². The van der Waals surface area contributed by atoms with Gasteiger partial charge in [0, 0.05) is 31.5 Å². The molecule has 2 aromatic rings. The molecule has 1 aromatic heterocycles. The van der Waals surface area contributed by atoms with Gasteiger partial charge < -0.3 is 19.7 Å². The number of morpholine rings is 1. The van der Waals surface area contributed by atoms with Gasteiger partial charge in [-0.2, -0.15) is 0 Å². The van der Waals surface area contributed by atoms with E-state index in [1.165, 1.54) is 11.3 Å². The normalized spacial score (nSPS) is 14.1. The molecule has 0 atom stereocenters. The highest BCUT2D eigenvalue weighted by Crippen LogP contribution is 2.17. The number of carbonyl (C=O) groups is 2. The van der Waals surface area contributed by atoms with Crippen LogP contribution in [0.25, 0.3) is 0 Å². The molecule has 2 N–H and O–H groups in total. The summed E-state index contributed by atoms with van der Waals surface area (Å²) in [6.07, 6.45) is 0. The van der Waals surface area contributed by atoms with Gasteiger partial charge in [0.15, 0.2) is 0 Å². The van der Waals surface area contributed by atoms with Crippen LogP contribution in [0.5, 0.6) is 0 Å². The Balaban J connectivity index is 1.55. The van der Waals surface area contributed by atoms with Crippen LogP contribution >= 0.6 is 11.3 Å². The van der Waals surface area contributed by atoms with E-state index in [2.05, 4.69) is 20.8 Å². The summed E-state index contributed by atoms with van der Waals surface area (Å²) >= 11 is 1.26. The third-order valence-electron chi connectivity index (χ3n) is 3.65. The van der Waals surface area contributed by atoms with E-state index < -0.39 is 0 Å². The van der Waals surface area contributed by atoms with E-state index in [1.54, 1.807) is 36.3 Å². The summed E-state index contributed by atoms with van der Waals surface area (Å²) in [6, 6.07) is 6.47. The predicted octanol–water partition coefficient (Wildman–Crippen LogP) is 1.80. The average molecular weight is 377 g/mol. The molecular formula is C16H19N5O4S. The minimum atomic E-state index is -0.295. The lowest BCUT2D eigenvalue weighted by Crippen LogP contribution is -2.43. The number of amides is 3. The molecule has 9 nitrogen and oxygen atoms in total. The zero-order valence-electron chi connectivity index (χ0n) is 14.2. The highest BCUT2D eigenvalue weighted by molar-refractivity contribution is 7.15. The van der Waals surface area contributed by atoms with E-state index in [9.17, 15) is 9.59 Å². The molecule has 0 radical (unpaired) electrons. The van der Waals surface area contributed by atoms with Crippen LogP contribution in [0.1, 0.15) is 15.4 Å². The molecule has 2 heterocycles. The molecule has 10 heteroatoms. The Morgan fingerprint density at radius 1 is 1.19 bits per heavy atom. The lowest BCUT2D eigenvalue weighted by Gasteiger charge is -2.26.